The van der Waals surface area contributed by atoms with Crippen molar-refractivity contribution in [2.75, 3.05) is 6.61 Å². The van der Waals surface area contributed by atoms with Crippen LogP contribution >= 0.6 is 11.6 Å². The predicted molar refractivity (Wildman–Crippen MR) is 112 cm³/mol. The molecule has 2 aromatic carbocycles. The highest BCUT2D eigenvalue weighted by Crippen LogP contribution is 2.22. The molecule has 0 unspecified atom stereocenters. The molecule has 0 spiro atoms. The molecule has 0 aliphatic carbocycles. The summed E-state index contributed by atoms with van der Waals surface area (Å²) in [5.41, 5.74) is 1.08. The zero-order valence-corrected chi connectivity index (χ0v) is 17.3. The topological polar surface area (TPSA) is 73.6 Å². The predicted octanol–water partition coefficient (Wildman–Crippen LogP) is 3.92. The van der Waals surface area contributed by atoms with Gasteiger partial charge in [0.1, 0.15) is 19.0 Å². The molecule has 1 N–H and O–H groups in total. The molecule has 1 aromatic heterocycles. The van der Waals surface area contributed by atoms with E-state index in [1.165, 1.54) is 4.57 Å². The number of rotatable bonds is 7. The third-order valence-electron chi connectivity index (χ3n) is 4.10. The lowest BCUT2D eigenvalue weighted by Gasteiger charge is -2.19. The van der Waals surface area contributed by atoms with Crippen LogP contribution in [0.2, 0.25) is 5.02 Å². The van der Waals surface area contributed by atoms with Crippen LogP contribution in [0.15, 0.2) is 59.5 Å². The van der Waals surface area contributed by atoms with Crippen molar-refractivity contribution in [1.82, 2.24) is 9.55 Å². The Morgan fingerprint density at radius 1 is 1.10 bits per heavy atom. The van der Waals surface area contributed by atoms with E-state index in [1.807, 2.05) is 25.1 Å². The summed E-state index contributed by atoms with van der Waals surface area (Å²) < 4.78 is 12.7. The normalized spacial score (nSPS) is 11.3. The monoisotopic (exact) mass is 414 g/mol. The molecule has 152 valence electrons. The van der Waals surface area contributed by atoms with Gasteiger partial charge >= 0.3 is 5.69 Å². The molecule has 0 bridgehead atoms. The summed E-state index contributed by atoms with van der Waals surface area (Å²) in [6.07, 6.45) is 1.62. The van der Waals surface area contributed by atoms with Crippen molar-refractivity contribution >= 4 is 11.6 Å². The van der Waals surface area contributed by atoms with Crippen LogP contribution < -0.4 is 15.2 Å². The van der Waals surface area contributed by atoms with Crippen molar-refractivity contribution < 1.29 is 14.6 Å². The molecule has 0 atom stereocenters. The van der Waals surface area contributed by atoms with Gasteiger partial charge in [0.15, 0.2) is 0 Å². The van der Waals surface area contributed by atoms with Gasteiger partial charge in [-0.3, -0.25) is 4.57 Å². The van der Waals surface area contributed by atoms with Gasteiger partial charge in [0.05, 0.1) is 11.3 Å². The Morgan fingerprint density at radius 2 is 1.83 bits per heavy atom. The summed E-state index contributed by atoms with van der Waals surface area (Å²) in [6.45, 7) is 5.70. The van der Waals surface area contributed by atoms with Crippen LogP contribution in [0.5, 0.6) is 11.6 Å². The van der Waals surface area contributed by atoms with Crippen molar-refractivity contribution in [3.8, 4) is 17.3 Å². The molecule has 0 saturated carbocycles. The molecule has 0 aliphatic rings. The van der Waals surface area contributed by atoms with Gasteiger partial charge in [-0.15, -0.1) is 0 Å². The van der Waals surface area contributed by atoms with Gasteiger partial charge < -0.3 is 14.6 Å². The Bertz CT molecular complexity index is 1040. The van der Waals surface area contributed by atoms with E-state index in [4.69, 9.17) is 21.1 Å². The lowest BCUT2D eigenvalue weighted by atomic mass is 10.1. The molecule has 6 nitrogen and oxygen atoms in total. The van der Waals surface area contributed by atoms with Crippen molar-refractivity contribution in [3.63, 3.8) is 0 Å². The molecular weight excluding hydrogens is 392 g/mol. The summed E-state index contributed by atoms with van der Waals surface area (Å²) in [4.78, 5) is 16.4. The number of hydrogen-bond donors (Lipinski definition) is 1. The van der Waals surface area contributed by atoms with Crippen molar-refractivity contribution in [1.29, 1.82) is 0 Å². The molecule has 1 heterocycles. The molecule has 29 heavy (non-hydrogen) atoms. The zero-order valence-electron chi connectivity index (χ0n) is 16.6. The second-order valence-corrected chi connectivity index (χ2v) is 7.82. The number of aromatic nitrogens is 2. The van der Waals surface area contributed by atoms with E-state index < -0.39 is 11.3 Å². The summed E-state index contributed by atoms with van der Waals surface area (Å²) in [5, 5.41) is 10.5. The lowest BCUT2D eigenvalue weighted by Crippen LogP contribution is -2.28. The first-order chi connectivity index (χ1) is 13.7. The Kier molecular flexibility index (Phi) is 6.25. The van der Waals surface area contributed by atoms with Crippen LogP contribution in [-0.2, 0) is 6.61 Å². The number of aliphatic hydroxyl groups is 1. The third kappa shape index (κ3) is 5.82. The van der Waals surface area contributed by atoms with Crippen LogP contribution in [0.4, 0.5) is 0 Å². The molecular formula is C22H23ClN2O4. The third-order valence-corrected chi connectivity index (χ3v) is 4.35. The number of ether oxygens (including phenoxy) is 2. The molecule has 0 amide bonds. The van der Waals surface area contributed by atoms with Gasteiger partial charge in [0.2, 0.25) is 5.88 Å². The minimum Gasteiger partial charge on any atom is -0.490 e. The Balaban J connectivity index is 1.72. The first kappa shape index (κ1) is 20.9. The van der Waals surface area contributed by atoms with Gasteiger partial charge in [0, 0.05) is 17.3 Å². The standard InChI is InChI=1S/C22H23ClN2O4/c1-15-12-18(8-9-19(15)29-14-22(2,3)27)25-11-10-20(24-21(25)26)28-13-16-4-6-17(23)7-5-16/h4-12,27H,13-14H2,1-3H3. The Morgan fingerprint density at radius 3 is 2.45 bits per heavy atom. The van der Waals surface area contributed by atoms with Gasteiger partial charge in [-0.2, -0.15) is 4.98 Å². The number of hydrogen-bond acceptors (Lipinski definition) is 5. The van der Waals surface area contributed by atoms with E-state index in [9.17, 15) is 9.90 Å². The quantitative estimate of drug-likeness (QED) is 0.634. The van der Waals surface area contributed by atoms with Crippen molar-refractivity contribution in [2.45, 2.75) is 33.0 Å². The molecule has 0 fully saturated rings. The van der Waals surface area contributed by atoms with Gasteiger partial charge in [0.25, 0.3) is 0 Å². The van der Waals surface area contributed by atoms with E-state index in [-0.39, 0.29) is 12.5 Å². The van der Waals surface area contributed by atoms with Crippen LogP contribution in [0, 0.1) is 6.92 Å². The Hall–Kier alpha value is -2.83. The number of halogens is 1. The highest BCUT2D eigenvalue weighted by atomic mass is 35.5. The fraction of sp³-hybridized carbons (Fsp3) is 0.273. The van der Waals surface area contributed by atoms with E-state index >= 15 is 0 Å². The van der Waals surface area contributed by atoms with Gasteiger partial charge in [-0.05, 0) is 62.2 Å². The number of nitrogens with zero attached hydrogens (tertiary/aromatic N) is 2. The molecule has 3 rings (SSSR count). The highest BCUT2D eigenvalue weighted by Gasteiger charge is 2.14. The average molecular weight is 415 g/mol. The fourth-order valence-corrected chi connectivity index (χ4v) is 2.73. The zero-order chi connectivity index (χ0) is 21.0. The molecule has 0 aliphatic heterocycles. The minimum absolute atomic E-state index is 0.175. The van der Waals surface area contributed by atoms with Gasteiger partial charge in [-0.1, -0.05) is 23.7 Å². The molecule has 7 heteroatoms. The Labute approximate surface area is 174 Å². The molecule has 0 saturated heterocycles. The maximum Gasteiger partial charge on any atom is 0.355 e. The minimum atomic E-state index is -0.923. The smallest absolute Gasteiger partial charge is 0.355 e. The van der Waals surface area contributed by atoms with Crippen LogP contribution in [0.1, 0.15) is 25.0 Å². The second-order valence-electron chi connectivity index (χ2n) is 7.38. The summed E-state index contributed by atoms with van der Waals surface area (Å²) in [5.74, 6) is 0.905. The average Bonchev–Trinajstić information content (AvgIpc) is 2.66. The van der Waals surface area contributed by atoms with Crippen LogP contribution in [0.3, 0.4) is 0 Å². The second kappa shape index (κ2) is 8.68. The maximum atomic E-state index is 12.4. The first-order valence-corrected chi connectivity index (χ1v) is 9.52. The van der Waals surface area contributed by atoms with Crippen LogP contribution in [-0.4, -0.2) is 26.9 Å². The molecule has 0 radical (unpaired) electrons. The van der Waals surface area contributed by atoms with E-state index in [2.05, 4.69) is 4.98 Å². The fourth-order valence-electron chi connectivity index (χ4n) is 2.60. The van der Waals surface area contributed by atoms with E-state index in [0.717, 1.165) is 11.1 Å². The van der Waals surface area contributed by atoms with E-state index in [1.54, 1.807) is 50.4 Å². The highest BCUT2D eigenvalue weighted by molar-refractivity contribution is 6.30. The number of aryl methyl sites for hydroxylation is 1. The summed E-state index contributed by atoms with van der Waals surface area (Å²) in [6, 6.07) is 14.3. The largest absolute Gasteiger partial charge is 0.490 e. The SMILES string of the molecule is Cc1cc(-n2ccc(OCc3ccc(Cl)cc3)nc2=O)ccc1OCC(C)(C)O. The number of benzene rings is 2. The summed E-state index contributed by atoms with van der Waals surface area (Å²) in [7, 11) is 0. The summed E-state index contributed by atoms with van der Waals surface area (Å²) >= 11 is 5.87. The molecule has 3 aromatic rings. The van der Waals surface area contributed by atoms with E-state index in [0.29, 0.717) is 23.1 Å². The van der Waals surface area contributed by atoms with Crippen LogP contribution in [0.25, 0.3) is 5.69 Å². The van der Waals surface area contributed by atoms with Crippen molar-refractivity contribution in [3.05, 3.63) is 81.4 Å². The lowest BCUT2D eigenvalue weighted by molar-refractivity contribution is 0.0282. The van der Waals surface area contributed by atoms with Gasteiger partial charge in [-0.25, -0.2) is 4.79 Å². The first-order valence-electron chi connectivity index (χ1n) is 9.14. The maximum absolute atomic E-state index is 12.4. The van der Waals surface area contributed by atoms with Crippen molar-refractivity contribution in [2.24, 2.45) is 0 Å².